The van der Waals surface area contributed by atoms with Crippen LogP contribution in [0.15, 0.2) is 184 Å². The van der Waals surface area contributed by atoms with Crippen molar-refractivity contribution in [2.75, 3.05) is 0 Å². The molecule has 0 saturated heterocycles. The molecule has 0 aliphatic carbocycles. The van der Waals surface area contributed by atoms with E-state index in [1.165, 1.54) is 53.9 Å². The van der Waals surface area contributed by atoms with Crippen LogP contribution in [-0.4, -0.2) is 19.1 Å². The summed E-state index contributed by atoms with van der Waals surface area (Å²) in [5.41, 5.74) is 12.4. The summed E-state index contributed by atoms with van der Waals surface area (Å²) >= 11 is 1.85. The second-order valence-corrected chi connectivity index (χ2v) is 14.9. The molecule has 6 heteroatoms. The van der Waals surface area contributed by atoms with Crippen molar-refractivity contribution in [3.63, 3.8) is 0 Å². The Labute approximate surface area is 313 Å². The van der Waals surface area contributed by atoms with E-state index in [2.05, 4.69) is 155 Å². The zero-order valence-electron chi connectivity index (χ0n) is 28.8. The molecule has 0 N–H and O–H groups in total. The second-order valence-electron chi connectivity index (χ2n) is 13.8. The average Bonchev–Trinajstić information content (AvgIpc) is 3.90. The number of hydrogen-bond donors (Lipinski definition) is 0. The molecule has 252 valence electrons. The lowest BCUT2D eigenvalue weighted by Crippen LogP contribution is -2.05. The number of aromatic nitrogens is 4. The smallest absolute Gasteiger partial charge is 0.231 e. The molecule has 0 unspecified atom stereocenters. The lowest BCUT2D eigenvalue weighted by molar-refractivity contribution is 0.653. The highest BCUT2D eigenvalue weighted by Crippen LogP contribution is 2.49. The van der Waals surface area contributed by atoms with Gasteiger partial charge < -0.3 is 4.42 Å². The van der Waals surface area contributed by atoms with Crippen LogP contribution in [0.4, 0.5) is 0 Å². The van der Waals surface area contributed by atoms with Gasteiger partial charge in [-0.3, -0.25) is 9.13 Å². The van der Waals surface area contributed by atoms with Crippen molar-refractivity contribution >= 4 is 66.7 Å². The van der Waals surface area contributed by atoms with E-state index in [4.69, 9.17) is 14.4 Å². The zero-order valence-corrected chi connectivity index (χ0v) is 29.6. The van der Waals surface area contributed by atoms with Gasteiger partial charge in [-0.1, -0.05) is 127 Å². The summed E-state index contributed by atoms with van der Waals surface area (Å²) in [5.74, 6) is 0.622. The average molecular weight is 709 g/mol. The maximum absolute atomic E-state index is 6.39. The number of para-hydroxylation sites is 4. The topological polar surface area (TPSA) is 48.8 Å². The largest absolute Gasteiger partial charge is 0.438 e. The van der Waals surface area contributed by atoms with E-state index < -0.39 is 0 Å². The number of furan rings is 1. The predicted molar refractivity (Wildman–Crippen MR) is 221 cm³/mol. The van der Waals surface area contributed by atoms with Crippen LogP contribution in [0.3, 0.4) is 0 Å². The predicted octanol–water partition coefficient (Wildman–Crippen LogP) is 12.9. The molecule has 4 aromatic heterocycles. The van der Waals surface area contributed by atoms with Crippen molar-refractivity contribution in [3.8, 4) is 45.1 Å². The van der Waals surface area contributed by atoms with Gasteiger partial charge in [-0.2, -0.15) is 4.98 Å². The van der Waals surface area contributed by atoms with E-state index in [1.54, 1.807) is 0 Å². The van der Waals surface area contributed by atoms with E-state index in [1.807, 2.05) is 36.0 Å². The van der Waals surface area contributed by atoms with Crippen molar-refractivity contribution in [3.05, 3.63) is 170 Å². The monoisotopic (exact) mass is 708 g/mol. The van der Waals surface area contributed by atoms with Crippen molar-refractivity contribution in [1.29, 1.82) is 0 Å². The summed E-state index contributed by atoms with van der Waals surface area (Å²) in [6, 6.07) is 60.0. The van der Waals surface area contributed by atoms with Gasteiger partial charge in [0.05, 0.1) is 27.8 Å². The van der Waals surface area contributed by atoms with E-state index in [9.17, 15) is 0 Å². The minimum atomic E-state index is 0.580. The molecule has 0 radical (unpaired) electrons. The van der Waals surface area contributed by atoms with Gasteiger partial charge in [-0.15, -0.1) is 0 Å². The highest BCUT2D eigenvalue weighted by molar-refractivity contribution is 7.99. The van der Waals surface area contributed by atoms with Gasteiger partial charge in [0.2, 0.25) is 5.71 Å². The molecule has 0 spiro atoms. The Balaban J connectivity index is 1.05. The highest BCUT2D eigenvalue weighted by Gasteiger charge is 2.27. The van der Waals surface area contributed by atoms with Crippen LogP contribution >= 0.6 is 11.8 Å². The van der Waals surface area contributed by atoms with Crippen molar-refractivity contribution in [2.24, 2.45) is 0 Å². The summed E-state index contributed by atoms with van der Waals surface area (Å²) in [4.78, 5) is 12.8. The molecule has 0 saturated carbocycles. The first-order chi connectivity index (χ1) is 26.8. The lowest BCUT2D eigenvalue weighted by Gasteiger charge is -2.21. The summed E-state index contributed by atoms with van der Waals surface area (Å²) in [6.45, 7) is 0. The third kappa shape index (κ3) is 4.23. The standard InChI is InChI=1S/C48H28N4OS/c1-2-11-29(12-3-1)30-21-23-31(24-22-30)44-43-35-14-5-8-18-39(35)53-47(43)50-46(49-44)32-25-27-33(28-26-32)51-37-16-6-4-13-34(37)42-36-15-10-20-41-45(36)52(48(42)51)38-17-7-9-19-40(38)54-41/h1-28H. The van der Waals surface area contributed by atoms with E-state index >= 15 is 0 Å². The molecule has 54 heavy (non-hydrogen) atoms. The van der Waals surface area contributed by atoms with Gasteiger partial charge in [-0.05, 0) is 65.7 Å². The SMILES string of the molecule is c1ccc(-c2ccc(-c3nc(-c4ccc(-n5c6ccccc6c6c7cccc8c7n(c65)-c5ccccc5S8)cc4)nc4oc5ccccc5c34)cc2)cc1. The van der Waals surface area contributed by atoms with Gasteiger partial charge in [0.25, 0.3) is 0 Å². The third-order valence-electron chi connectivity index (χ3n) is 10.8. The minimum Gasteiger partial charge on any atom is -0.438 e. The first-order valence-corrected chi connectivity index (χ1v) is 18.9. The summed E-state index contributed by atoms with van der Waals surface area (Å²) in [6.07, 6.45) is 0. The van der Waals surface area contributed by atoms with Crippen molar-refractivity contribution in [2.45, 2.75) is 9.79 Å². The van der Waals surface area contributed by atoms with Gasteiger partial charge in [0.1, 0.15) is 11.2 Å². The Morgan fingerprint density at radius 1 is 0.463 bits per heavy atom. The molecule has 5 heterocycles. The molecule has 11 aromatic rings. The zero-order chi connectivity index (χ0) is 35.3. The number of rotatable bonds is 4. The molecular formula is C48H28N4OS. The molecule has 5 nitrogen and oxygen atoms in total. The third-order valence-corrected chi connectivity index (χ3v) is 11.9. The number of nitrogens with zero attached hydrogens (tertiary/aromatic N) is 4. The molecule has 0 fully saturated rings. The molecule has 1 aliphatic heterocycles. The minimum absolute atomic E-state index is 0.580. The van der Waals surface area contributed by atoms with Crippen LogP contribution < -0.4 is 0 Å². The number of benzene rings is 7. The molecule has 12 rings (SSSR count). The van der Waals surface area contributed by atoms with Crippen LogP contribution in [0.25, 0.3) is 100 Å². The molecule has 0 amide bonds. The normalized spacial score (nSPS) is 12.4. The van der Waals surface area contributed by atoms with Crippen LogP contribution in [0.5, 0.6) is 0 Å². The summed E-state index contributed by atoms with van der Waals surface area (Å²) in [7, 11) is 0. The van der Waals surface area contributed by atoms with E-state index in [0.717, 1.165) is 44.4 Å². The second kappa shape index (κ2) is 11.3. The summed E-state index contributed by atoms with van der Waals surface area (Å²) in [5, 5.41) is 5.71. The molecule has 1 aliphatic rings. The first-order valence-electron chi connectivity index (χ1n) is 18.1. The van der Waals surface area contributed by atoms with Crippen LogP contribution in [0.1, 0.15) is 0 Å². The van der Waals surface area contributed by atoms with Crippen LogP contribution in [0.2, 0.25) is 0 Å². The number of hydrogen-bond acceptors (Lipinski definition) is 4. The van der Waals surface area contributed by atoms with Crippen LogP contribution in [0, 0.1) is 0 Å². The molecule has 0 atom stereocenters. The van der Waals surface area contributed by atoms with Crippen LogP contribution in [-0.2, 0) is 0 Å². The van der Waals surface area contributed by atoms with Gasteiger partial charge in [0.15, 0.2) is 5.82 Å². The fourth-order valence-electron chi connectivity index (χ4n) is 8.36. The molecular weight excluding hydrogens is 681 g/mol. The lowest BCUT2D eigenvalue weighted by atomic mass is 10.0. The fraction of sp³-hybridized carbons (Fsp3) is 0. The fourth-order valence-corrected chi connectivity index (χ4v) is 9.45. The molecule has 7 aromatic carbocycles. The van der Waals surface area contributed by atoms with Gasteiger partial charge >= 0.3 is 0 Å². The number of fused-ring (bicyclic) bond motifs is 10. The first kappa shape index (κ1) is 29.7. The Hall–Kier alpha value is -6.89. The van der Waals surface area contributed by atoms with Crippen molar-refractivity contribution in [1.82, 2.24) is 19.1 Å². The highest BCUT2D eigenvalue weighted by atomic mass is 32.2. The maximum Gasteiger partial charge on any atom is 0.231 e. The van der Waals surface area contributed by atoms with Gasteiger partial charge in [-0.25, -0.2) is 4.98 Å². The Morgan fingerprint density at radius 2 is 1.13 bits per heavy atom. The van der Waals surface area contributed by atoms with E-state index in [-0.39, 0.29) is 0 Å². The Morgan fingerprint density at radius 3 is 2.00 bits per heavy atom. The molecule has 0 bridgehead atoms. The summed E-state index contributed by atoms with van der Waals surface area (Å²) < 4.78 is 11.3. The van der Waals surface area contributed by atoms with Crippen molar-refractivity contribution < 1.29 is 4.42 Å². The Bertz CT molecular complexity index is 3280. The maximum atomic E-state index is 6.39. The quantitative estimate of drug-likeness (QED) is 0.183. The van der Waals surface area contributed by atoms with E-state index in [0.29, 0.717) is 11.5 Å². The van der Waals surface area contributed by atoms with Gasteiger partial charge in [0, 0.05) is 48.2 Å². The Kier molecular flexibility index (Phi) is 6.21.